The number of aliphatic hydroxyl groups excluding tert-OH is 2. The van der Waals surface area contributed by atoms with Crippen LogP contribution in [0.5, 0.6) is 11.5 Å². The molecule has 0 bridgehead atoms. The third kappa shape index (κ3) is 9.35. The number of amides is 2. The molecular formula is C43H43F3N6O8. The molecule has 3 heterocycles. The van der Waals surface area contributed by atoms with Crippen LogP contribution in [-0.2, 0) is 31.9 Å². The van der Waals surface area contributed by atoms with Gasteiger partial charge >= 0.3 is 12.1 Å². The fourth-order valence-corrected chi connectivity index (χ4v) is 7.04. The van der Waals surface area contributed by atoms with Crippen LogP contribution in [0.1, 0.15) is 57.6 Å². The Morgan fingerprint density at radius 3 is 1.82 bits per heavy atom. The summed E-state index contributed by atoms with van der Waals surface area (Å²) in [5, 5.41) is 23.6. The molecule has 0 radical (unpaired) electrons. The Kier molecular flexibility index (Phi) is 12.6. The van der Waals surface area contributed by atoms with Gasteiger partial charge in [0.05, 0.1) is 39.7 Å². The topological polar surface area (TPSA) is 183 Å². The number of imidazole rings is 1. The molecule has 5 N–H and O–H groups in total. The van der Waals surface area contributed by atoms with E-state index in [1.54, 1.807) is 14.2 Å². The summed E-state index contributed by atoms with van der Waals surface area (Å²) in [7, 11) is 3.26. The Morgan fingerprint density at radius 2 is 1.33 bits per heavy atom. The summed E-state index contributed by atoms with van der Waals surface area (Å²) in [5.41, 5.74) is 12.5. The number of benzene rings is 4. The number of rotatable bonds is 14. The van der Waals surface area contributed by atoms with Crippen LogP contribution in [-0.4, -0.2) is 94.6 Å². The molecule has 4 aromatic carbocycles. The fourth-order valence-electron chi connectivity index (χ4n) is 7.04. The van der Waals surface area contributed by atoms with E-state index in [0.717, 1.165) is 51.2 Å². The number of ether oxygens (including phenoxy) is 4. The van der Waals surface area contributed by atoms with Gasteiger partial charge in [-0.2, -0.15) is 13.2 Å². The van der Waals surface area contributed by atoms with Gasteiger partial charge in [-0.15, -0.1) is 0 Å². The van der Waals surface area contributed by atoms with E-state index in [2.05, 4.69) is 9.98 Å². The molecular weight excluding hydrogens is 786 g/mol. The highest BCUT2D eigenvalue weighted by Gasteiger charge is 2.45. The van der Waals surface area contributed by atoms with Crippen molar-refractivity contribution in [2.24, 2.45) is 10.7 Å². The fraction of sp³-hybridized carbons (Fsp3) is 0.302. The lowest BCUT2D eigenvalue weighted by Gasteiger charge is -2.27. The number of alkyl halides is 3. The normalized spacial score (nSPS) is 19.9. The highest BCUT2D eigenvalue weighted by molar-refractivity contribution is 5.94. The first-order chi connectivity index (χ1) is 28.8. The number of hydrogen-bond acceptors (Lipinski definition) is 11. The molecule has 5 atom stereocenters. The first kappa shape index (κ1) is 42.0. The SMILES string of the molecule is COc1ccc(Cc2ccc(C(OC[C@H]3O[C@@H](n4cnc5c4N=CN(C(=O)CNC(=O)C(F)(F)F)C5O)C(N)C3O)c3ccc(Cc4ccc(OC)cc4)cc3)cc2)cc1. The Balaban J connectivity index is 1.06. The van der Waals surface area contributed by atoms with Gasteiger partial charge in [-0.1, -0.05) is 72.8 Å². The molecule has 5 aromatic rings. The second-order valence-electron chi connectivity index (χ2n) is 14.3. The van der Waals surface area contributed by atoms with Gasteiger partial charge in [0, 0.05) is 0 Å². The number of carbonyl (C=O) groups excluding carboxylic acids is 2. The van der Waals surface area contributed by atoms with E-state index in [-0.39, 0.29) is 18.1 Å². The molecule has 2 aliphatic heterocycles. The number of hydrogen-bond donors (Lipinski definition) is 4. The Hall–Kier alpha value is -6.11. The van der Waals surface area contributed by atoms with Crippen LogP contribution in [0.15, 0.2) is 108 Å². The molecule has 7 rings (SSSR count). The minimum atomic E-state index is -5.19. The van der Waals surface area contributed by atoms with Crippen LogP contribution < -0.4 is 20.5 Å². The number of fused-ring (bicyclic) bond motifs is 1. The maximum absolute atomic E-state index is 12.6. The van der Waals surface area contributed by atoms with E-state index in [0.29, 0.717) is 17.7 Å². The maximum Gasteiger partial charge on any atom is 0.471 e. The van der Waals surface area contributed by atoms with E-state index in [4.69, 9.17) is 24.7 Å². The van der Waals surface area contributed by atoms with Crippen LogP contribution in [0.4, 0.5) is 19.0 Å². The highest BCUT2D eigenvalue weighted by Crippen LogP contribution is 2.38. The number of aromatic nitrogens is 2. The van der Waals surface area contributed by atoms with E-state index >= 15 is 0 Å². The van der Waals surface area contributed by atoms with Gasteiger partial charge in [-0.25, -0.2) is 9.98 Å². The number of nitrogens with two attached hydrogens (primary N) is 1. The van der Waals surface area contributed by atoms with Crippen molar-refractivity contribution in [3.05, 3.63) is 142 Å². The zero-order chi connectivity index (χ0) is 42.6. The molecule has 0 spiro atoms. The first-order valence-electron chi connectivity index (χ1n) is 18.9. The van der Waals surface area contributed by atoms with Crippen LogP contribution >= 0.6 is 0 Å². The molecule has 17 heteroatoms. The molecule has 60 heavy (non-hydrogen) atoms. The minimum absolute atomic E-state index is 0.0439. The van der Waals surface area contributed by atoms with Gasteiger partial charge < -0.3 is 40.2 Å². The molecule has 1 aromatic heterocycles. The van der Waals surface area contributed by atoms with Gasteiger partial charge in [0.2, 0.25) is 5.91 Å². The van der Waals surface area contributed by atoms with Crippen LogP contribution in [0.3, 0.4) is 0 Å². The highest BCUT2D eigenvalue weighted by atomic mass is 19.4. The molecule has 0 aliphatic carbocycles. The zero-order valence-corrected chi connectivity index (χ0v) is 32.5. The average Bonchev–Trinajstić information content (AvgIpc) is 3.81. The van der Waals surface area contributed by atoms with Gasteiger partial charge in [0.1, 0.15) is 41.8 Å². The van der Waals surface area contributed by atoms with Crippen LogP contribution in [0.25, 0.3) is 0 Å². The summed E-state index contributed by atoms with van der Waals surface area (Å²) in [6, 6.07) is 31.0. The lowest BCUT2D eigenvalue weighted by molar-refractivity contribution is -0.174. The number of nitrogens with one attached hydrogen (secondary N) is 1. The number of aliphatic hydroxyl groups is 2. The van der Waals surface area contributed by atoms with Crippen LogP contribution in [0.2, 0.25) is 0 Å². The number of methoxy groups -OCH3 is 2. The third-order valence-corrected chi connectivity index (χ3v) is 10.4. The average molecular weight is 829 g/mol. The Labute approximate surface area is 343 Å². The lowest BCUT2D eigenvalue weighted by atomic mass is 9.96. The summed E-state index contributed by atoms with van der Waals surface area (Å²) >= 11 is 0. The van der Waals surface area contributed by atoms with Gasteiger partial charge in [0.15, 0.2) is 18.3 Å². The summed E-state index contributed by atoms with van der Waals surface area (Å²) in [4.78, 5) is 32.7. The van der Waals surface area contributed by atoms with E-state index in [9.17, 15) is 33.0 Å². The monoisotopic (exact) mass is 828 g/mol. The Morgan fingerprint density at radius 1 is 0.833 bits per heavy atom. The van der Waals surface area contributed by atoms with Crippen molar-refractivity contribution in [3.8, 4) is 11.5 Å². The van der Waals surface area contributed by atoms with E-state index in [1.165, 1.54) is 16.2 Å². The largest absolute Gasteiger partial charge is 0.497 e. The van der Waals surface area contributed by atoms with Crippen molar-refractivity contribution in [1.82, 2.24) is 19.8 Å². The van der Waals surface area contributed by atoms with Gasteiger partial charge in [0.25, 0.3) is 0 Å². The molecule has 14 nitrogen and oxygen atoms in total. The lowest BCUT2D eigenvalue weighted by Crippen LogP contribution is -2.45. The van der Waals surface area contributed by atoms with Crippen molar-refractivity contribution in [2.45, 2.75) is 55.8 Å². The molecule has 1 fully saturated rings. The first-order valence-corrected chi connectivity index (χ1v) is 18.9. The summed E-state index contributed by atoms with van der Waals surface area (Å²) in [5.74, 6) is -1.77. The Bertz CT molecular complexity index is 2190. The molecule has 314 valence electrons. The molecule has 3 unspecified atom stereocenters. The standard InChI is InChI=1S/C43H43F3N6O8/c1-57-31-15-7-27(8-16-31)19-25-3-11-29(12-4-25)38(30-13-5-26(6-14-30)20-28-9-17-32(58-2)18-10-28)59-22-33-37(54)35(47)41(60-33)52-23-49-36-39(52)50-24-51(40(36)55)34(53)21-48-42(56)43(44,45)46/h3-18,23-24,33,35,37-38,40-41,54-55H,19-22,47H2,1-2H3,(H,48,56)/t33-,35?,37?,40?,41-/m1/s1. The number of nitrogens with zero attached hydrogens (tertiary/aromatic N) is 4. The summed E-state index contributed by atoms with van der Waals surface area (Å²) in [6.45, 7) is -1.13. The molecule has 0 saturated carbocycles. The van der Waals surface area contributed by atoms with Crippen molar-refractivity contribution in [2.75, 3.05) is 27.4 Å². The zero-order valence-electron chi connectivity index (χ0n) is 32.5. The van der Waals surface area contributed by atoms with Crippen molar-refractivity contribution < 1.29 is 51.9 Å². The second-order valence-corrected chi connectivity index (χ2v) is 14.3. The molecule has 2 aliphatic rings. The van der Waals surface area contributed by atoms with Crippen molar-refractivity contribution in [1.29, 1.82) is 0 Å². The van der Waals surface area contributed by atoms with E-state index < -0.39 is 61.3 Å². The van der Waals surface area contributed by atoms with Crippen molar-refractivity contribution in [3.63, 3.8) is 0 Å². The van der Waals surface area contributed by atoms with E-state index in [1.807, 2.05) is 97.1 Å². The maximum atomic E-state index is 12.6. The third-order valence-electron chi connectivity index (χ3n) is 10.4. The van der Waals surface area contributed by atoms with Gasteiger partial charge in [-0.05, 0) is 70.5 Å². The quantitative estimate of drug-likeness (QED) is 0.123. The minimum Gasteiger partial charge on any atom is -0.497 e. The molecule has 1 saturated heterocycles. The second kappa shape index (κ2) is 18.0. The predicted octanol–water partition coefficient (Wildman–Crippen LogP) is 4.65. The number of carbonyl (C=O) groups is 2. The number of aliphatic imine (C=N–C) groups is 1. The van der Waals surface area contributed by atoms with Crippen molar-refractivity contribution >= 4 is 24.0 Å². The predicted molar refractivity (Wildman–Crippen MR) is 211 cm³/mol. The van der Waals surface area contributed by atoms with Crippen LogP contribution in [0, 0.1) is 0 Å². The summed E-state index contributed by atoms with van der Waals surface area (Å²) < 4.78 is 62.6. The number of halogens is 3. The smallest absolute Gasteiger partial charge is 0.471 e. The summed E-state index contributed by atoms with van der Waals surface area (Å²) in [6.07, 6.45) is -7.07. The molecule has 2 amide bonds. The van der Waals surface area contributed by atoms with Gasteiger partial charge in [-0.3, -0.25) is 19.1 Å².